The number of likely N-dealkylation sites (tertiary alicyclic amines) is 1. The molecule has 2 fully saturated rings. The number of benzene rings is 1. The lowest BCUT2D eigenvalue weighted by Gasteiger charge is -2.34. The van der Waals surface area contributed by atoms with Crippen LogP contribution in [0.4, 0.5) is 4.79 Å². The molecule has 0 N–H and O–H groups in total. The highest BCUT2D eigenvalue weighted by Crippen LogP contribution is 2.30. The Hall–Kier alpha value is -1.83. The number of methoxy groups -OCH3 is 1. The van der Waals surface area contributed by atoms with E-state index < -0.39 is 0 Å². The molecule has 1 aromatic carbocycles. The van der Waals surface area contributed by atoms with E-state index in [1.54, 1.807) is 18.1 Å². The van der Waals surface area contributed by atoms with Crippen molar-refractivity contribution in [1.82, 2.24) is 9.80 Å². The van der Waals surface area contributed by atoms with Crippen LogP contribution in [0.2, 0.25) is 0 Å². The zero-order valence-corrected chi connectivity index (χ0v) is 15.9. The molecule has 3 heterocycles. The summed E-state index contributed by atoms with van der Waals surface area (Å²) in [4.78, 5) is 16.5. The van der Waals surface area contributed by atoms with Crippen LogP contribution in [-0.2, 0) is 16.0 Å². The average Bonchev–Trinajstić information content (AvgIpc) is 3.20. The van der Waals surface area contributed by atoms with Crippen molar-refractivity contribution in [1.29, 1.82) is 0 Å². The molecule has 0 bridgehead atoms. The molecule has 0 unspecified atom stereocenters. The Morgan fingerprint density at radius 1 is 1.19 bits per heavy atom. The molecule has 0 atom stereocenters. The number of ether oxygens (including phenoxy) is 4. The van der Waals surface area contributed by atoms with Gasteiger partial charge in [0.1, 0.15) is 11.5 Å². The summed E-state index contributed by atoms with van der Waals surface area (Å²) < 4.78 is 21.8. The molecule has 0 saturated carbocycles. The highest BCUT2D eigenvalue weighted by molar-refractivity contribution is 5.73. The van der Waals surface area contributed by atoms with Gasteiger partial charge in [-0.3, -0.25) is 4.90 Å². The van der Waals surface area contributed by atoms with Gasteiger partial charge in [0.2, 0.25) is 0 Å². The third kappa shape index (κ3) is 4.54. The Kier molecular flexibility index (Phi) is 5.80. The Morgan fingerprint density at radius 3 is 2.70 bits per heavy atom. The van der Waals surface area contributed by atoms with Crippen LogP contribution in [-0.4, -0.2) is 68.7 Å². The molecule has 3 aliphatic rings. The average molecular weight is 376 g/mol. The van der Waals surface area contributed by atoms with Crippen molar-refractivity contribution in [3.05, 3.63) is 23.8 Å². The second kappa shape index (κ2) is 8.46. The van der Waals surface area contributed by atoms with Crippen LogP contribution in [0.15, 0.2) is 18.2 Å². The zero-order chi connectivity index (χ0) is 18.6. The normalized spacial score (nSPS) is 22.0. The summed E-state index contributed by atoms with van der Waals surface area (Å²) in [5, 5.41) is 0. The van der Waals surface area contributed by atoms with Crippen molar-refractivity contribution in [3.63, 3.8) is 0 Å². The summed E-state index contributed by atoms with van der Waals surface area (Å²) >= 11 is 0. The molecule has 7 heteroatoms. The van der Waals surface area contributed by atoms with Gasteiger partial charge in [-0.2, -0.15) is 0 Å². The van der Waals surface area contributed by atoms with Gasteiger partial charge in [0.15, 0.2) is 6.29 Å². The van der Waals surface area contributed by atoms with Gasteiger partial charge in [-0.1, -0.05) is 0 Å². The van der Waals surface area contributed by atoms with Crippen LogP contribution < -0.4 is 9.47 Å². The number of amides is 1. The van der Waals surface area contributed by atoms with Crippen molar-refractivity contribution >= 4 is 6.09 Å². The maximum absolute atomic E-state index is 12.3. The molecule has 0 spiro atoms. The molecule has 148 valence electrons. The van der Waals surface area contributed by atoms with Crippen LogP contribution in [0.25, 0.3) is 0 Å². The number of carbonyl (C=O) groups is 1. The molecular formula is C20H28N2O5. The topological polar surface area (TPSA) is 60.5 Å². The second-order valence-electron chi connectivity index (χ2n) is 7.47. The van der Waals surface area contributed by atoms with E-state index in [1.165, 1.54) is 0 Å². The maximum atomic E-state index is 12.3. The maximum Gasteiger partial charge on any atom is 0.415 e. The summed E-state index contributed by atoms with van der Waals surface area (Å²) in [7, 11) is 1.64. The van der Waals surface area contributed by atoms with Gasteiger partial charge in [0.25, 0.3) is 0 Å². The van der Waals surface area contributed by atoms with E-state index in [2.05, 4.69) is 4.90 Å². The van der Waals surface area contributed by atoms with Crippen LogP contribution in [0.3, 0.4) is 0 Å². The minimum Gasteiger partial charge on any atom is -0.497 e. The lowest BCUT2D eigenvalue weighted by Crippen LogP contribution is -2.41. The lowest BCUT2D eigenvalue weighted by molar-refractivity contribution is -0.0662. The minimum atomic E-state index is -0.249. The van der Waals surface area contributed by atoms with E-state index >= 15 is 0 Å². The smallest absolute Gasteiger partial charge is 0.415 e. The molecule has 3 aliphatic heterocycles. The van der Waals surface area contributed by atoms with Gasteiger partial charge in [-0.25, -0.2) is 4.79 Å². The number of fused-ring (bicyclic) bond motifs is 1. The van der Waals surface area contributed by atoms with Crippen LogP contribution in [0.5, 0.6) is 11.5 Å². The van der Waals surface area contributed by atoms with Crippen molar-refractivity contribution in [2.24, 2.45) is 5.92 Å². The minimum absolute atomic E-state index is 0.0540. The van der Waals surface area contributed by atoms with E-state index in [9.17, 15) is 4.79 Å². The third-order valence-electron chi connectivity index (χ3n) is 5.70. The number of carbonyl (C=O) groups excluding carboxylic acids is 1. The number of nitrogens with zero attached hydrogens (tertiary/aromatic N) is 2. The number of hydrogen-bond donors (Lipinski definition) is 0. The van der Waals surface area contributed by atoms with Gasteiger partial charge < -0.3 is 23.8 Å². The highest BCUT2D eigenvalue weighted by Gasteiger charge is 2.28. The second-order valence-corrected chi connectivity index (χ2v) is 7.47. The van der Waals surface area contributed by atoms with E-state index in [0.717, 1.165) is 56.8 Å². The van der Waals surface area contributed by atoms with E-state index in [4.69, 9.17) is 18.9 Å². The van der Waals surface area contributed by atoms with E-state index in [1.807, 2.05) is 12.1 Å². The first-order valence-corrected chi connectivity index (χ1v) is 9.80. The quantitative estimate of drug-likeness (QED) is 0.760. The number of hydrogen-bond acceptors (Lipinski definition) is 6. The molecule has 4 rings (SSSR count). The summed E-state index contributed by atoms with van der Waals surface area (Å²) in [6.07, 6.45) is 3.01. The largest absolute Gasteiger partial charge is 0.497 e. The predicted molar refractivity (Wildman–Crippen MR) is 98.9 cm³/mol. The first-order chi connectivity index (χ1) is 13.2. The lowest BCUT2D eigenvalue weighted by atomic mass is 9.93. The van der Waals surface area contributed by atoms with Crippen molar-refractivity contribution in [2.75, 3.05) is 46.5 Å². The molecule has 1 amide bonds. The fourth-order valence-corrected chi connectivity index (χ4v) is 4.02. The third-order valence-corrected chi connectivity index (χ3v) is 5.70. The Morgan fingerprint density at radius 2 is 1.96 bits per heavy atom. The molecule has 2 saturated heterocycles. The van der Waals surface area contributed by atoms with Gasteiger partial charge >= 0.3 is 6.09 Å². The molecular weight excluding hydrogens is 348 g/mol. The predicted octanol–water partition coefficient (Wildman–Crippen LogP) is 2.48. The zero-order valence-electron chi connectivity index (χ0n) is 15.9. The van der Waals surface area contributed by atoms with E-state index in [0.29, 0.717) is 31.4 Å². The van der Waals surface area contributed by atoms with Gasteiger partial charge in [0, 0.05) is 18.7 Å². The van der Waals surface area contributed by atoms with Crippen LogP contribution in [0, 0.1) is 5.92 Å². The number of piperidine rings is 1. The summed E-state index contributed by atoms with van der Waals surface area (Å²) in [6, 6.07) is 5.56. The highest BCUT2D eigenvalue weighted by atomic mass is 16.7. The van der Waals surface area contributed by atoms with Gasteiger partial charge in [-0.15, -0.1) is 0 Å². The van der Waals surface area contributed by atoms with Crippen molar-refractivity contribution in [2.45, 2.75) is 32.1 Å². The van der Waals surface area contributed by atoms with Gasteiger partial charge in [0.05, 0.1) is 26.9 Å². The Labute approximate surface area is 160 Å². The standard InChI is InChI=1S/C20H28N2O5/c1-24-17-2-3-18-16(12-17)13-22(20(23)27-18)9-6-15-4-7-21(8-5-15)14-19-25-10-11-26-19/h2-3,12,15,19H,4-11,13-14H2,1H3. The monoisotopic (exact) mass is 376 g/mol. The van der Waals surface area contributed by atoms with Crippen LogP contribution in [0.1, 0.15) is 24.8 Å². The molecule has 0 radical (unpaired) electrons. The fraction of sp³-hybridized carbons (Fsp3) is 0.650. The molecule has 0 aliphatic carbocycles. The van der Waals surface area contributed by atoms with Crippen LogP contribution >= 0.6 is 0 Å². The summed E-state index contributed by atoms with van der Waals surface area (Å²) in [5.41, 5.74) is 1.00. The molecule has 7 nitrogen and oxygen atoms in total. The first-order valence-electron chi connectivity index (χ1n) is 9.80. The Balaban J connectivity index is 1.23. The Bertz CT molecular complexity index is 654. The first kappa shape index (κ1) is 18.5. The summed E-state index contributed by atoms with van der Waals surface area (Å²) in [5.74, 6) is 2.07. The molecule has 1 aromatic rings. The van der Waals surface area contributed by atoms with Crippen molar-refractivity contribution < 1.29 is 23.7 Å². The fourth-order valence-electron chi connectivity index (χ4n) is 4.02. The van der Waals surface area contributed by atoms with Gasteiger partial charge in [-0.05, 0) is 56.5 Å². The number of rotatable bonds is 6. The SMILES string of the molecule is COc1ccc2c(c1)CN(CCC1CCN(CC3OCCO3)CC1)C(=O)O2. The molecule has 0 aromatic heterocycles. The van der Waals surface area contributed by atoms with E-state index in [-0.39, 0.29) is 12.4 Å². The molecule has 27 heavy (non-hydrogen) atoms. The summed E-state index contributed by atoms with van der Waals surface area (Å²) in [6.45, 7) is 5.74. The van der Waals surface area contributed by atoms with Crippen molar-refractivity contribution in [3.8, 4) is 11.5 Å².